The second-order valence-corrected chi connectivity index (χ2v) is 13.8. The van der Waals surface area contributed by atoms with E-state index in [1.807, 2.05) is 28.9 Å². The minimum Gasteiger partial charge on any atom is -0.255 e. The van der Waals surface area contributed by atoms with Crippen LogP contribution >= 0.6 is 22.7 Å². The van der Waals surface area contributed by atoms with Crippen LogP contribution in [0.2, 0.25) is 0 Å². The molecule has 0 aliphatic rings. The summed E-state index contributed by atoms with van der Waals surface area (Å²) < 4.78 is 2.66. The summed E-state index contributed by atoms with van der Waals surface area (Å²) >= 11 is 3.82. The van der Waals surface area contributed by atoms with E-state index in [9.17, 15) is 0 Å². The van der Waals surface area contributed by atoms with Crippen molar-refractivity contribution in [3.8, 4) is 21.0 Å². The Kier molecular flexibility index (Phi) is 5.97. The van der Waals surface area contributed by atoms with E-state index in [1.165, 1.54) is 63.0 Å². The largest absolute Gasteiger partial charge is 0.255 e. The van der Waals surface area contributed by atoms with Gasteiger partial charge < -0.3 is 0 Å². The van der Waals surface area contributed by atoms with E-state index in [-0.39, 0.29) is 5.41 Å². The van der Waals surface area contributed by atoms with Gasteiger partial charge in [0.05, 0.1) is 10.4 Å². The zero-order valence-corrected chi connectivity index (χ0v) is 24.1. The van der Waals surface area contributed by atoms with Gasteiger partial charge in [-0.2, -0.15) is 0 Å². The molecule has 1 nitrogen and oxygen atoms in total. The average molecular weight is 520 g/mol. The maximum absolute atomic E-state index is 4.95. The Balaban J connectivity index is 1.52. The molecule has 37 heavy (non-hydrogen) atoms. The summed E-state index contributed by atoms with van der Waals surface area (Å²) in [5.74, 6) is 0.668. The fourth-order valence-electron chi connectivity index (χ4n) is 5.44. The third-order valence-electron chi connectivity index (χ3n) is 7.25. The Bertz CT molecular complexity index is 1780. The normalized spacial score (nSPS) is 12.4. The van der Waals surface area contributed by atoms with Gasteiger partial charge in [0, 0.05) is 26.2 Å². The molecule has 0 aliphatic carbocycles. The van der Waals surface area contributed by atoms with Crippen LogP contribution in [-0.4, -0.2) is 4.98 Å². The van der Waals surface area contributed by atoms with Gasteiger partial charge in [0.1, 0.15) is 0 Å². The third-order valence-corrected chi connectivity index (χ3v) is 9.84. The van der Waals surface area contributed by atoms with E-state index >= 15 is 0 Å². The number of aryl methyl sites for hydroxylation is 1. The fraction of sp³-hybridized carbons (Fsp3) is 0.265. The first-order valence-corrected chi connectivity index (χ1v) is 14.8. The fourth-order valence-corrected chi connectivity index (χ4v) is 8.04. The van der Waals surface area contributed by atoms with Gasteiger partial charge in [-0.1, -0.05) is 71.0 Å². The van der Waals surface area contributed by atoms with Crippen molar-refractivity contribution in [3.63, 3.8) is 0 Å². The van der Waals surface area contributed by atoms with Crippen molar-refractivity contribution in [1.29, 1.82) is 0 Å². The van der Waals surface area contributed by atoms with E-state index in [4.69, 9.17) is 4.98 Å². The molecule has 0 unspecified atom stereocenters. The van der Waals surface area contributed by atoms with Gasteiger partial charge in [0.25, 0.3) is 0 Å². The van der Waals surface area contributed by atoms with E-state index in [2.05, 4.69) is 108 Å². The van der Waals surface area contributed by atoms with E-state index in [0.29, 0.717) is 5.92 Å². The smallest absolute Gasteiger partial charge is 0.0880 e. The Morgan fingerprint density at radius 3 is 2.43 bits per heavy atom. The summed E-state index contributed by atoms with van der Waals surface area (Å²) in [5, 5.41) is 5.26. The topological polar surface area (TPSA) is 12.9 Å². The van der Waals surface area contributed by atoms with Crippen molar-refractivity contribution in [2.24, 2.45) is 5.92 Å². The van der Waals surface area contributed by atoms with Crippen LogP contribution in [0.3, 0.4) is 0 Å². The van der Waals surface area contributed by atoms with Gasteiger partial charge in [0.15, 0.2) is 0 Å². The van der Waals surface area contributed by atoms with Gasteiger partial charge in [-0.05, 0) is 93.2 Å². The van der Waals surface area contributed by atoms with Gasteiger partial charge in [-0.15, -0.1) is 22.7 Å². The molecule has 0 aliphatic heterocycles. The second kappa shape index (κ2) is 9.08. The first-order valence-electron chi connectivity index (χ1n) is 13.1. The monoisotopic (exact) mass is 519 g/mol. The summed E-state index contributed by atoms with van der Waals surface area (Å²) in [5.41, 5.74) is 6.50. The van der Waals surface area contributed by atoms with Gasteiger partial charge in [-0.3, -0.25) is 4.98 Å². The highest BCUT2D eigenvalue weighted by Gasteiger charge is 2.21. The van der Waals surface area contributed by atoms with Gasteiger partial charge in [0.2, 0.25) is 0 Å². The highest BCUT2D eigenvalue weighted by atomic mass is 32.1. The lowest BCUT2D eigenvalue weighted by atomic mass is 9.82. The zero-order valence-electron chi connectivity index (χ0n) is 22.5. The molecule has 0 atom stereocenters. The molecule has 6 rings (SSSR count). The molecule has 186 valence electrons. The van der Waals surface area contributed by atoms with E-state index < -0.39 is 0 Å². The Hall–Kier alpha value is -3.01. The number of nitrogens with zero attached hydrogens (tertiary/aromatic N) is 1. The molecule has 0 bridgehead atoms. The van der Waals surface area contributed by atoms with Crippen LogP contribution in [0.1, 0.15) is 51.3 Å². The van der Waals surface area contributed by atoms with Crippen LogP contribution in [0.15, 0.2) is 72.9 Å². The summed E-state index contributed by atoms with van der Waals surface area (Å²) in [7, 11) is 0. The highest BCUT2D eigenvalue weighted by Crippen LogP contribution is 2.46. The quantitative estimate of drug-likeness (QED) is 0.226. The average Bonchev–Trinajstić information content (AvgIpc) is 3.43. The Labute approximate surface area is 227 Å². The molecule has 3 aromatic carbocycles. The standard InChI is InChI=1S/C34H33NS2/c1-20(2)15-22-11-12-24-19-30(36-29(24)16-22)32-21(3)26-13-14-35-31(33(26)37-32)25-17-23-9-7-8-10-27(23)28(18-25)34(4,5)6/h7-14,16-20H,15H2,1-6H3. The van der Waals surface area contributed by atoms with Crippen LogP contribution in [0.5, 0.6) is 0 Å². The predicted octanol–water partition coefficient (Wildman–Crippen LogP) is 10.8. The number of hydrogen-bond donors (Lipinski definition) is 0. The van der Waals surface area contributed by atoms with Crippen LogP contribution in [0.4, 0.5) is 0 Å². The summed E-state index contributed by atoms with van der Waals surface area (Å²) in [6.45, 7) is 13.7. The summed E-state index contributed by atoms with van der Waals surface area (Å²) in [4.78, 5) is 7.68. The Morgan fingerprint density at radius 2 is 1.65 bits per heavy atom. The molecule has 3 heteroatoms. The first kappa shape index (κ1) is 24.3. The van der Waals surface area contributed by atoms with Crippen molar-refractivity contribution in [3.05, 3.63) is 89.6 Å². The van der Waals surface area contributed by atoms with Crippen LogP contribution in [0.25, 0.3) is 52.0 Å². The lowest BCUT2D eigenvalue weighted by Gasteiger charge is -2.22. The van der Waals surface area contributed by atoms with Crippen LogP contribution < -0.4 is 0 Å². The van der Waals surface area contributed by atoms with Crippen molar-refractivity contribution in [1.82, 2.24) is 4.98 Å². The molecular formula is C34H33NS2. The van der Waals surface area contributed by atoms with E-state index in [1.54, 1.807) is 0 Å². The van der Waals surface area contributed by atoms with Crippen molar-refractivity contribution < 1.29 is 0 Å². The molecule has 0 amide bonds. The highest BCUT2D eigenvalue weighted by molar-refractivity contribution is 7.29. The predicted molar refractivity (Wildman–Crippen MR) is 165 cm³/mol. The molecule has 0 radical (unpaired) electrons. The summed E-state index contributed by atoms with van der Waals surface area (Å²) in [6, 6.07) is 25.0. The molecule has 3 heterocycles. The Morgan fingerprint density at radius 1 is 0.838 bits per heavy atom. The van der Waals surface area contributed by atoms with Crippen molar-refractivity contribution in [2.75, 3.05) is 0 Å². The first-order chi connectivity index (χ1) is 17.7. The molecule has 0 saturated carbocycles. The van der Waals surface area contributed by atoms with Crippen molar-refractivity contribution in [2.45, 2.75) is 53.4 Å². The minimum absolute atomic E-state index is 0.0472. The molecule has 6 aromatic rings. The molecular weight excluding hydrogens is 487 g/mol. The number of thiophene rings is 2. The lowest BCUT2D eigenvalue weighted by molar-refractivity contribution is 0.596. The zero-order chi connectivity index (χ0) is 25.9. The second-order valence-electron chi connectivity index (χ2n) is 11.7. The molecule has 0 fully saturated rings. The molecule has 0 N–H and O–H groups in total. The maximum atomic E-state index is 4.95. The van der Waals surface area contributed by atoms with Gasteiger partial charge >= 0.3 is 0 Å². The van der Waals surface area contributed by atoms with Crippen LogP contribution in [0, 0.1) is 12.8 Å². The minimum atomic E-state index is 0.0472. The third kappa shape index (κ3) is 4.39. The number of hydrogen-bond acceptors (Lipinski definition) is 3. The van der Waals surface area contributed by atoms with Gasteiger partial charge in [-0.25, -0.2) is 0 Å². The molecule has 3 aromatic heterocycles. The maximum Gasteiger partial charge on any atom is 0.0880 e. The van der Waals surface area contributed by atoms with Crippen molar-refractivity contribution >= 4 is 53.6 Å². The number of rotatable bonds is 4. The SMILES string of the molecule is Cc1c(-c2cc3ccc(CC(C)C)cc3s2)sc2c(-c3cc(C(C)(C)C)c4ccccc4c3)nccc12. The molecule has 0 spiro atoms. The number of benzene rings is 3. The number of fused-ring (bicyclic) bond motifs is 3. The van der Waals surface area contributed by atoms with Crippen LogP contribution in [-0.2, 0) is 11.8 Å². The number of pyridine rings is 1. The summed E-state index contributed by atoms with van der Waals surface area (Å²) in [6.07, 6.45) is 3.11. The lowest BCUT2D eigenvalue weighted by Crippen LogP contribution is -2.12. The molecule has 0 saturated heterocycles. The van der Waals surface area contributed by atoms with E-state index in [0.717, 1.165) is 12.1 Å². The number of aromatic nitrogens is 1.